The zero-order valence-corrected chi connectivity index (χ0v) is 12.5. The Hall–Kier alpha value is -1.82. The monoisotopic (exact) mass is 288 g/mol. The molecule has 0 saturated heterocycles. The molecule has 0 atom stereocenters. The second-order valence-electron chi connectivity index (χ2n) is 5.59. The second-order valence-corrected chi connectivity index (χ2v) is 6.53. The van der Waals surface area contributed by atoms with Crippen molar-refractivity contribution in [2.24, 2.45) is 0 Å². The van der Waals surface area contributed by atoms with Gasteiger partial charge in [-0.05, 0) is 12.1 Å². The third-order valence-corrected chi connectivity index (χ3v) is 3.81. The maximum atomic E-state index is 5.28. The van der Waals surface area contributed by atoms with Crippen LogP contribution in [-0.2, 0) is 11.2 Å². The molecule has 0 spiro atoms. The summed E-state index contributed by atoms with van der Waals surface area (Å²) >= 11 is 1.60. The van der Waals surface area contributed by atoms with Crippen molar-refractivity contribution in [3.8, 4) is 0 Å². The van der Waals surface area contributed by atoms with Gasteiger partial charge in [-0.1, -0.05) is 43.8 Å². The van der Waals surface area contributed by atoms with Crippen molar-refractivity contribution in [2.45, 2.75) is 37.1 Å². The number of imidazole rings is 1. The Morgan fingerprint density at radius 2 is 2.15 bits per heavy atom. The molecule has 0 amide bonds. The Morgan fingerprint density at radius 1 is 1.30 bits per heavy atom. The predicted octanol–water partition coefficient (Wildman–Crippen LogP) is 3.31. The van der Waals surface area contributed by atoms with Crippen LogP contribution in [0.25, 0.3) is 5.52 Å². The maximum Gasteiger partial charge on any atom is 0.232 e. The minimum absolute atomic E-state index is 0.115. The van der Waals surface area contributed by atoms with E-state index in [1.165, 1.54) is 0 Å². The van der Waals surface area contributed by atoms with E-state index in [1.807, 2.05) is 30.6 Å². The van der Waals surface area contributed by atoms with Crippen LogP contribution >= 0.6 is 11.8 Å². The van der Waals surface area contributed by atoms with Gasteiger partial charge in [0.25, 0.3) is 0 Å². The highest BCUT2D eigenvalue weighted by Crippen LogP contribution is 2.24. The Balaban J connectivity index is 1.75. The van der Waals surface area contributed by atoms with E-state index >= 15 is 0 Å². The van der Waals surface area contributed by atoms with E-state index < -0.39 is 0 Å². The first kappa shape index (κ1) is 13.2. The van der Waals surface area contributed by atoms with Gasteiger partial charge in [0.15, 0.2) is 11.0 Å². The molecule has 0 N–H and O–H groups in total. The SMILES string of the molecule is CC(C)(C)c1nc(CSc2ncc3ccccn23)no1. The Labute approximate surface area is 121 Å². The fourth-order valence-electron chi connectivity index (χ4n) is 1.77. The van der Waals surface area contributed by atoms with Crippen molar-refractivity contribution in [1.82, 2.24) is 19.5 Å². The van der Waals surface area contributed by atoms with Gasteiger partial charge in [0, 0.05) is 11.6 Å². The standard InChI is InChI=1S/C14H16N4OS/c1-14(2,3)12-16-11(17-19-12)9-20-13-15-8-10-6-4-5-7-18(10)13/h4-8H,9H2,1-3H3. The van der Waals surface area contributed by atoms with Gasteiger partial charge in [-0.3, -0.25) is 4.40 Å². The van der Waals surface area contributed by atoms with E-state index in [0.29, 0.717) is 17.5 Å². The molecule has 0 aliphatic heterocycles. The molecule has 5 nitrogen and oxygen atoms in total. The lowest BCUT2D eigenvalue weighted by atomic mass is 9.97. The Morgan fingerprint density at radius 3 is 2.90 bits per heavy atom. The van der Waals surface area contributed by atoms with Crippen molar-refractivity contribution < 1.29 is 4.52 Å². The van der Waals surface area contributed by atoms with E-state index in [-0.39, 0.29) is 5.41 Å². The molecule has 0 unspecified atom stereocenters. The summed E-state index contributed by atoms with van der Waals surface area (Å²) in [5, 5.41) is 4.95. The molecule has 20 heavy (non-hydrogen) atoms. The number of rotatable bonds is 3. The van der Waals surface area contributed by atoms with Crippen molar-refractivity contribution in [3.63, 3.8) is 0 Å². The van der Waals surface area contributed by atoms with E-state index in [1.54, 1.807) is 11.8 Å². The number of hydrogen-bond acceptors (Lipinski definition) is 5. The van der Waals surface area contributed by atoms with E-state index in [0.717, 1.165) is 10.7 Å². The number of fused-ring (bicyclic) bond motifs is 1. The van der Waals surface area contributed by atoms with Crippen LogP contribution in [0.3, 0.4) is 0 Å². The average molecular weight is 288 g/mol. The van der Waals surface area contributed by atoms with Gasteiger partial charge in [0.1, 0.15) is 0 Å². The van der Waals surface area contributed by atoms with Gasteiger partial charge in [-0.25, -0.2) is 4.98 Å². The zero-order chi connectivity index (χ0) is 14.2. The molecule has 3 rings (SSSR count). The molecule has 3 aromatic heterocycles. The molecule has 3 heterocycles. The summed E-state index contributed by atoms with van der Waals surface area (Å²) in [4.78, 5) is 8.83. The van der Waals surface area contributed by atoms with Crippen LogP contribution in [0.1, 0.15) is 32.5 Å². The summed E-state index contributed by atoms with van der Waals surface area (Å²) in [6.45, 7) is 6.17. The molecule has 0 bridgehead atoms. The van der Waals surface area contributed by atoms with Gasteiger partial charge in [-0.15, -0.1) is 0 Å². The van der Waals surface area contributed by atoms with Gasteiger partial charge < -0.3 is 4.52 Å². The fraction of sp³-hybridized carbons (Fsp3) is 0.357. The topological polar surface area (TPSA) is 56.2 Å². The first-order valence-electron chi connectivity index (χ1n) is 6.42. The van der Waals surface area contributed by atoms with Gasteiger partial charge in [0.2, 0.25) is 5.89 Å². The highest BCUT2D eigenvalue weighted by molar-refractivity contribution is 7.98. The summed E-state index contributed by atoms with van der Waals surface area (Å²) in [6, 6.07) is 6.02. The lowest BCUT2D eigenvalue weighted by molar-refractivity contribution is 0.319. The molecular formula is C14H16N4OS. The highest BCUT2D eigenvalue weighted by atomic mass is 32.2. The number of aromatic nitrogens is 4. The van der Waals surface area contributed by atoms with Crippen molar-refractivity contribution in [1.29, 1.82) is 0 Å². The van der Waals surface area contributed by atoms with Crippen LogP contribution in [0.15, 0.2) is 40.3 Å². The van der Waals surface area contributed by atoms with Crippen LogP contribution in [0.4, 0.5) is 0 Å². The summed E-state index contributed by atoms with van der Waals surface area (Å²) in [5.41, 5.74) is 0.967. The lowest BCUT2D eigenvalue weighted by Gasteiger charge is -2.10. The van der Waals surface area contributed by atoms with E-state index in [4.69, 9.17) is 4.52 Å². The Kier molecular flexibility index (Phi) is 3.25. The maximum absolute atomic E-state index is 5.28. The van der Waals surface area contributed by atoms with Gasteiger partial charge in [-0.2, -0.15) is 4.98 Å². The van der Waals surface area contributed by atoms with Crippen molar-refractivity contribution >= 4 is 17.3 Å². The molecule has 0 saturated carbocycles. The van der Waals surface area contributed by atoms with E-state index in [9.17, 15) is 0 Å². The molecule has 0 radical (unpaired) electrons. The van der Waals surface area contributed by atoms with Crippen LogP contribution < -0.4 is 0 Å². The Bertz CT molecular complexity index is 726. The summed E-state index contributed by atoms with van der Waals surface area (Å²) in [6.07, 6.45) is 3.86. The summed E-state index contributed by atoms with van der Waals surface area (Å²) < 4.78 is 7.34. The number of hydrogen-bond donors (Lipinski definition) is 0. The molecule has 0 fully saturated rings. The lowest BCUT2D eigenvalue weighted by Crippen LogP contribution is -2.11. The van der Waals surface area contributed by atoms with Crippen LogP contribution in [0, 0.1) is 0 Å². The van der Waals surface area contributed by atoms with Gasteiger partial charge in [0.05, 0.1) is 17.5 Å². The number of pyridine rings is 1. The molecule has 0 aliphatic rings. The van der Waals surface area contributed by atoms with E-state index in [2.05, 4.69) is 40.3 Å². The number of nitrogens with zero attached hydrogens (tertiary/aromatic N) is 4. The highest BCUT2D eigenvalue weighted by Gasteiger charge is 2.21. The molecule has 0 aliphatic carbocycles. The average Bonchev–Trinajstić information content (AvgIpc) is 3.02. The second kappa shape index (κ2) is 4.94. The summed E-state index contributed by atoms with van der Waals surface area (Å²) in [7, 11) is 0. The van der Waals surface area contributed by atoms with Gasteiger partial charge >= 0.3 is 0 Å². The smallest absolute Gasteiger partial charge is 0.232 e. The molecule has 3 aromatic rings. The molecule has 6 heteroatoms. The van der Waals surface area contributed by atoms with Crippen LogP contribution in [-0.4, -0.2) is 19.5 Å². The van der Waals surface area contributed by atoms with Crippen molar-refractivity contribution in [2.75, 3.05) is 0 Å². The minimum Gasteiger partial charge on any atom is -0.339 e. The third kappa shape index (κ3) is 2.56. The fourth-order valence-corrected chi connectivity index (χ4v) is 2.58. The third-order valence-electron chi connectivity index (χ3n) is 2.84. The zero-order valence-electron chi connectivity index (χ0n) is 11.7. The van der Waals surface area contributed by atoms with Crippen LogP contribution in [0.5, 0.6) is 0 Å². The molecule has 0 aromatic carbocycles. The first-order chi connectivity index (χ1) is 9.54. The predicted molar refractivity (Wildman–Crippen MR) is 77.8 cm³/mol. The first-order valence-corrected chi connectivity index (χ1v) is 7.40. The largest absolute Gasteiger partial charge is 0.339 e. The molecule has 104 valence electrons. The molecular weight excluding hydrogens is 272 g/mol. The summed E-state index contributed by atoms with van der Waals surface area (Å²) in [5.74, 6) is 2.02. The van der Waals surface area contributed by atoms with Crippen LogP contribution in [0.2, 0.25) is 0 Å². The number of thioether (sulfide) groups is 1. The quantitative estimate of drug-likeness (QED) is 0.692. The normalized spacial score (nSPS) is 12.2. The van der Waals surface area contributed by atoms with Crippen molar-refractivity contribution in [3.05, 3.63) is 42.3 Å². The minimum atomic E-state index is -0.115.